The van der Waals surface area contributed by atoms with Gasteiger partial charge in [-0.15, -0.1) is 11.8 Å². The lowest BCUT2D eigenvalue weighted by atomic mass is 10.2. The van der Waals surface area contributed by atoms with Crippen LogP contribution >= 0.6 is 11.8 Å². The summed E-state index contributed by atoms with van der Waals surface area (Å²) in [7, 11) is 1.44. The molecule has 1 unspecified atom stereocenters. The third-order valence-corrected chi connectivity index (χ3v) is 5.05. The molecule has 0 aliphatic carbocycles. The van der Waals surface area contributed by atoms with Crippen LogP contribution in [0, 0.1) is 11.6 Å². The van der Waals surface area contributed by atoms with E-state index in [1.807, 2.05) is 6.92 Å². The summed E-state index contributed by atoms with van der Waals surface area (Å²) >= 11 is 1.30. The minimum atomic E-state index is -0.671. The van der Waals surface area contributed by atoms with Crippen molar-refractivity contribution in [2.75, 3.05) is 39.1 Å². The summed E-state index contributed by atoms with van der Waals surface area (Å²) in [6.45, 7) is 2.94. The molecule has 2 amide bonds. The number of hydrogen-bond donors (Lipinski definition) is 0. The van der Waals surface area contributed by atoms with Gasteiger partial charge in [0.05, 0.1) is 5.75 Å². The van der Waals surface area contributed by atoms with Crippen LogP contribution in [0.15, 0.2) is 18.2 Å². The number of amides is 2. The number of halogens is 2. The number of carbonyl (C=O) groups excluding carboxylic acids is 2. The van der Waals surface area contributed by atoms with Gasteiger partial charge in [-0.25, -0.2) is 8.78 Å². The normalized spacial score (nSPS) is 17.4. The zero-order valence-electron chi connectivity index (χ0n) is 13.6. The lowest BCUT2D eigenvalue weighted by Gasteiger charge is -2.28. The molecule has 1 aliphatic rings. The predicted octanol–water partition coefficient (Wildman–Crippen LogP) is 2.03. The number of thioether (sulfide) groups is 1. The van der Waals surface area contributed by atoms with E-state index in [1.165, 1.54) is 35.9 Å². The Balaban J connectivity index is 2.09. The van der Waals surface area contributed by atoms with Crippen LogP contribution in [0.5, 0.6) is 0 Å². The molecule has 0 radical (unpaired) electrons. The quantitative estimate of drug-likeness (QED) is 0.748. The first-order valence-electron chi connectivity index (χ1n) is 7.60. The highest BCUT2D eigenvalue weighted by atomic mass is 32.2. The fourth-order valence-electron chi connectivity index (χ4n) is 2.56. The second-order valence-corrected chi connectivity index (χ2v) is 6.39. The Labute approximate surface area is 143 Å². The third-order valence-electron chi connectivity index (χ3n) is 3.81. The molecule has 0 saturated carbocycles. The molecular weight excluding hydrogens is 338 g/mol. The Morgan fingerprint density at radius 2 is 2.21 bits per heavy atom. The molecule has 132 valence electrons. The molecule has 1 fully saturated rings. The van der Waals surface area contributed by atoms with Gasteiger partial charge in [0.2, 0.25) is 11.8 Å². The molecule has 1 aromatic rings. The van der Waals surface area contributed by atoms with Crippen LogP contribution in [-0.4, -0.2) is 60.7 Å². The standard InChI is InChI=1S/C16H20F2N2O3S/c1-3-19(14(21)9-23-2)6-7-20-15(22)10-24-16(20)12-5-4-11(17)8-13(12)18/h4-5,8,16H,3,6-7,9-10H2,1-2H3. The van der Waals surface area contributed by atoms with Crippen LogP contribution in [0.1, 0.15) is 17.9 Å². The van der Waals surface area contributed by atoms with Crippen LogP contribution in [0.4, 0.5) is 8.78 Å². The molecule has 1 heterocycles. The van der Waals surface area contributed by atoms with Gasteiger partial charge in [-0.2, -0.15) is 0 Å². The molecule has 0 bridgehead atoms. The largest absolute Gasteiger partial charge is 0.375 e. The number of ether oxygens (including phenoxy) is 1. The Morgan fingerprint density at radius 1 is 1.46 bits per heavy atom. The maximum atomic E-state index is 14.0. The van der Waals surface area contributed by atoms with Crippen molar-refractivity contribution in [2.24, 2.45) is 0 Å². The maximum Gasteiger partial charge on any atom is 0.248 e. The summed E-state index contributed by atoms with van der Waals surface area (Å²) < 4.78 is 31.9. The highest BCUT2D eigenvalue weighted by Crippen LogP contribution is 2.39. The second kappa shape index (κ2) is 8.43. The molecule has 1 aliphatic heterocycles. The van der Waals surface area contributed by atoms with E-state index in [1.54, 1.807) is 4.90 Å². The minimum Gasteiger partial charge on any atom is -0.375 e. The summed E-state index contributed by atoms with van der Waals surface area (Å²) in [6.07, 6.45) is 0. The average Bonchev–Trinajstić information content (AvgIpc) is 2.89. The van der Waals surface area contributed by atoms with E-state index in [0.29, 0.717) is 13.1 Å². The number of carbonyl (C=O) groups is 2. The van der Waals surface area contributed by atoms with Gasteiger partial charge in [0.15, 0.2) is 0 Å². The zero-order valence-corrected chi connectivity index (χ0v) is 14.4. The lowest BCUT2D eigenvalue weighted by Crippen LogP contribution is -2.41. The Morgan fingerprint density at radius 3 is 2.83 bits per heavy atom. The van der Waals surface area contributed by atoms with Crippen molar-refractivity contribution in [2.45, 2.75) is 12.3 Å². The number of benzene rings is 1. The van der Waals surface area contributed by atoms with Crippen LogP contribution in [0.25, 0.3) is 0 Å². The molecule has 1 atom stereocenters. The fourth-order valence-corrected chi connectivity index (χ4v) is 3.80. The number of methoxy groups -OCH3 is 1. The Kier molecular flexibility index (Phi) is 6.56. The van der Waals surface area contributed by atoms with Gasteiger partial charge < -0.3 is 14.5 Å². The van der Waals surface area contributed by atoms with Gasteiger partial charge in [-0.1, -0.05) is 6.07 Å². The van der Waals surface area contributed by atoms with Crippen molar-refractivity contribution in [3.05, 3.63) is 35.4 Å². The summed E-state index contributed by atoms with van der Waals surface area (Å²) in [5.41, 5.74) is 0.276. The second-order valence-electron chi connectivity index (χ2n) is 5.32. The van der Waals surface area contributed by atoms with Crippen molar-refractivity contribution in [1.29, 1.82) is 0 Å². The topological polar surface area (TPSA) is 49.9 Å². The molecule has 5 nitrogen and oxygen atoms in total. The van der Waals surface area contributed by atoms with Gasteiger partial charge in [0.1, 0.15) is 23.6 Å². The SMILES string of the molecule is CCN(CCN1C(=O)CSC1c1ccc(F)cc1F)C(=O)COC. The molecule has 0 N–H and O–H groups in total. The minimum absolute atomic E-state index is 0.0213. The number of rotatable bonds is 7. The molecule has 24 heavy (non-hydrogen) atoms. The van der Waals surface area contributed by atoms with Crippen LogP contribution in [-0.2, 0) is 14.3 Å². The van der Waals surface area contributed by atoms with Crippen LogP contribution in [0.3, 0.4) is 0 Å². The molecule has 2 rings (SSSR count). The average molecular weight is 358 g/mol. The molecule has 1 saturated heterocycles. The van der Waals surface area contributed by atoms with Gasteiger partial charge in [-0.05, 0) is 13.0 Å². The van der Waals surface area contributed by atoms with E-state index in [4.69, 9.17) is 4.74 Å². The van der Waals surface area contributed by atoms with E-state index in [-0.39, 0.29) is 36.3 Å². The highest BCUT2D eigenvalue weighted by molar-refractivity contribution is 8.00. The molecule has 0 aromatic heterocycles. The van der Waals surface area contributed by atoms with Gasteiger partial charge in [0, 0.05) is 38.4 Å². The summed E-state index contributed by atoms with van der Waals surface area (Å²) in [4.78, 5) is 27.1. The van der Waals surface area contributed by atoms with E-state index in [0.717, 1.165) is 6.07 Å². The maximum absolute atomic E-state index is 14.0. The summed E-state index contributed by atoms with van der Waals surface area (Å²) in [5, 5.41) is -0.505. The van der Waals surface area contributed by atoms with Crippen molar-refractivity contribution in [3.8, 4) is 0 Å². The molecule has 8 heteroatoms. The van der Waals surface area contributed by atoms with Crippen molar-refractivity contribution in [1.82, 2.24) is 9.80 Å². The van der Waals surface area contributed by atoms with E-state index in [2.05, 4.69) is 0 Å². The molecular formula is C16H20F2N2O3S. The lowest BCUT2D eigenvalue weighted by molar-refractivity contribution is -0.136. The first-order chi connectivity index (χ1) is 11.5. The van der Waals surface area contributed by atoms with Gasteiger partial charge in [0.25, 0.3) is 0 Å². The Bertz CT molecular complexity index is 615. The van der Waals surface area contributed by atoms with E-state index >= 15 is 0 Å². The smallest absolute Gasteiger partial charge is 0.248 e. The highest BCUT2D eigenvalue weighted by Gasteiger charge is 2.34. The van der Waals surface area contributed by atoms with Gasteiger partial charge >= 0.3 is 0 Å². The number of nitrogens with zero attached hydrogens (tertiary/aromatic N) is 2. The van der Waals surface area contributed by atoms with Gasteiger partial charge in [-0.3, -0.25) is 9.59 Å². The summed E-state index contributed by atoms with van der Waals surface area (Å²) in [6, 6.07) is 3.36. The van der Waals surface area contributed by atoms with Crippen LogP contribution in [0.2, 0.25) is 0 Å². The van der Waals surface area contributed by atoms with Crippen molar-refractivity contribution in [3.63, 3.8) is 0 Å². The number of hydrogen-bond acceptors (Lipinski definition) is 4. The molecule has 1 aromatic carbocycles. The van der Waals surface area contributed by atoms with Crippen molar-refractivity contribution < 1.29 is 23.1 Å². The predicted molar refractivity (Wildman–Crippen MR) is 87.4 cm³/mol. The first-order valence-corrected chi connectivity index (χ1v) is 8.65. The van der Waals surface area contributed by atoms with Crippen molar-refractivity contribution >= 4 is 23.6 Å². The molecule has 0 spiro atoms. The first kappa shape index (κ1) is 18.7. The van der Waals surface area contributed by atoms with E-state index < -0.39 is 17.0 Å². The third kappa shape index (κ3) is 4.24. The summed E-state index contributed by atoms with van der Waals surface area (Å²) in [5.74, 6) is -1.37. The zero-order chi connectivity index (χ0) is 17.7. The monoisotopic (exact) mass is 358 g/mol. The number of likely N-dealkylation sites (N-methyl/N-ethyl adjacent to an activating group) is 1. The van der Waals surface area contributed by atoms with Crippen LogP contribution < -0.4 is 0 Å². The van der Waals surface area contributed by atoms with E-state index in [9.17, 15) is 18.4 Å². The Hall–Kier alpha value is -1.67. The fraction of sp³-hybridized carbons (Fsp3) is 0.500.